The van der Waals surface area contributed by atoms with Crippen LogP contribution in [0.3, 0.4) is 0 Å². The normalized spacial score (nSPS) is 13.5. The molecule has 1 atom stereocenters. The van der Waals surface area contributed by atoms with Crippen molar-refractivity contribution >= 4 is 16.0 Å². The summed E-state index contributed by atoms with van der Waals surface area (Å²) in [4.78, 5) is 10.6. The van der Waals surface area contributed by atoms with Crippen molar-refractivity contribution in [2.24, 2.45) is 0 Å². The third-order valence-corrected chi connectivity index (χ3v) is 4.83. The van der Waals surface area contributed by atoms with E-state index < -0.39 is 21.2 Å². The van der Waals surface area contributed by atoms with E-state index in [-0.39, 0.29) is 13.0 Å². The summed E-state index contributed by atoms with van der Waals surface area (Å²) in [5.41, 5.74) is 0.867. The number of hydrogen-bond donors (Lipinski definition) is 1. The van der Waals surface area contributed by atoms with Gasteiger partial charge in [0.2, 0.25) is 10.0 Å². The molecule has 1 unspecified atom stereocenters. The molecular weight excluding hydrogens is 254 g/mol. The fourth-order valence-electron chi connectivity index (χ4n) is 1.59. The topological polar surface area (TPSA) is 74.7 Å². The molecule has 6 heteroatoms. The second-order valence-electron chi connectivity index (χ2n) is 4.20. The van der Waals surface area contributed by atoms with Gasteiger partial charge in [0, 0.05) is 13.6 Å². The summed E-state index contributed by atoms with van der Waals surface area (Å²) < 4.78 is 25.3. The maximum absolute atomic E-state index is 12.0. The lowest BCUT2D eigenvalue weighted by Gasteiger charge is -2.21. The molecule has 0 heterocycles. The predicted octanol–water partition coefficient (Wildman–Crippen LogP) is 1.31. The second kappa shape index (κ2) is 5.97. The molecule has 0 amide bonds. The first-order valence-electron chi connectivity index (χ1n) is 5.55. The van der Waals surface area contributed by atoms with Gasteiger partial charge in [-0.3, -0.25) is 4.79 Å². The molecule has 0 radical (unpaired) electrons. The number of aliphatic carboxylic acids is 1. The molecule has 1 rings (SSSR count). The van der Waals surface area contributed by atoms with Crippen LogP contribution in [0.4, 0.5) is 0 Å². The van der Waals surface area contributed by atoms with Crippen molar-refractivity contribution in [2.75, 3.05) is 7.05 Å². The van der Waals surface area contributed by atoms with Gasteiger partial charge < -0.3 is 5.11 Å². The third kappa shape index (κ3) is 3.82. The van der Waals surface area contributed by atoms with Crippen molar-refractivity contribution in [1.29, 1.82) is 0 Å². The Bertz CT molecular complexity index is 498. The standard InChI is InChI=1S/C12H17NO4S/c1-10(8-12(14)15)18(16,17)13(2)9-11-6-4-3-5-7-11/h3-7,10H,8-9H2,1-2H3,(H,14,15). The van der Waals surface area contributed by atoms with Crippen molar-refractivity contribution in [3.63, 3.8) is 0 Å². The Hall–Kier alpha value is -1.40. The van der Waals surface area contributed by atoms with Crippen LogP contribution in [0.2, 0.25) is 0 Å². The lowest BCUT2D eigenvalue weighted by atomic mass is 10.2. The summed E-state index contributed by atoms with van der Waals surface area (Å²) in [5.74, 6) is -1.11. The van der Waals surface area contributed by atoms with Gasteiger partial charge in [-0.25, -0.2) is 12.7 Å². The fourth-order valence-corrected chi connectivity index (χ4v) is 2.89. The smallest absolute Gasteiger partial charge is 0.304 e. The van der Waals surface area contributed by atoms with Gasteiger partial charge in [-0.2, -0.15) is 0 Å². The highest BCUT2D eigenvalue weighted by Gasteiger charge is 2.27. The minimum absolute atomic E-state index is 0.243. The van der Waals surface area contributed by atoms with Gasteiger partial charge in [-0.15, -0.1) is 0 Å². The van der Waals surface area contributed by atoms with E-state index in [2.05, 4.69) is 0 Å². The highest BCUT2D eigenvalue weighted by Crippen LogP contribution is 2.14. The summed E-state index contributed by atoms with van der Waals surface area (Å²) in [6.45, 7) is 1.65. The molecule has 100 valence electrons. The summed E-state index contributed by atoms with van der Waals surface area (Å²) in [7, 11) is -2.12. The first-order valence-corrected chi connectivity index (χ1v) is 7.05. The van der Waals surface area contributed by atoms with Gasteiger partial charge in [0.05, 0.1) is 11.7 Å². The van der Waals surface area contributed by atoms with Crippen molar-refractivity contribution in [3.8, 4) is 0 Å². The van der Waals surface area contributed by atoms with Crippen LogP contribution in [-0.2, 0) is 21.4 Å². The van der Waals surface area contributed by atoms with Crippen LogP contribution in [0, 0.1) is 0 Å². The molecule has 1 N–H and O–H groups in total. The van der Waals surface area contributed by atoms with E-state index >= 15 is 0 Å². The van der Waals surface area contributed by atoms with E-state index in [1.807, 2.05) is 30.3 Å². The van der Waals surface area contributed by atoms with Crippen molar-refractivity contribution in [2.45, 2.75) is 25.1 Å². The second-order valence-corrected chi connectivity index (χ2v) is 6.65. The number of carboxylic acids is 1. The predicted molar refractivity (Wildman–Crippen MR) is 68.5 cm³/mol. The Kier molecular flexibility index (Phi) is 4.86. The molecule has 1 aromatic rings. The van der Waals surface area contributed by atoms with E-state index in [9.17, 15) is 13.2 Å². The van der Waals surface area contributed by atoms with Crippen LogP contribution in [0.25, 0.3) is 0 Å². The largest absolute Gasteiger partial charge is 0.481 e. The van der Waals surface area contributed by atoms with Crippen LogP contribution in [0.15, 0.2) is 30.3 Å². The fraction of sp³-hybridized carbons (Fsp3) is 0.417. The number of nitrogens with zero attached hydrogens (tertiary/aromatic N) is 1. The molecule has 0 bridgehead atoms. The molecule has 0 spiro atoms. The van der Waals surface area contributed by atoms with E-state index in [1.54, 1.807) is 0 Å². The number of rotatable bonds is 6. The van der Waals surface area contributed by atoms with Crippen LogP contribution in [-0.4, -0.2) is 36.1 Å². The summed E-state index contributed by atoms with van der Waals surface area (Å²) >= 11 is 0. The van der Waals surface area contributed by atoms with E-state index in [0.717, 1.165) is 5.56 Å². The quantitative estimate of drug-likeness (QED) is 0.846. The lowest BCUT2D eigenvalue weighted by molar-refractivity contribution is -0.136. The first-order chi connectivity index (χ1) is 8.34. The van der Waals surface area contributed by atoms with Crippen molar-refractivity contribution < 1.29 is 18.3 Å². The van der Waals surface area contributed by atoms with Crippen LogP contribution in [0.1, 0.15) is 18.9 Å². The molecule has 0 saturated carbocycles. The van der Waals surface area contributed by atoms with Gasteiger partial charge in [-0.1, -0.05) is 30.3 Å². The molecular formula is C12H17NO4S. The monoisotopic (exact) mass is 271 g/mol. The number of sulfonamides is 1. The molecule has 0 aliphatic rings. The van der Waals surface area contributed by atoms with Crippen LogP contribution >= 0.6 is 0 Å². The molecule has 0 fully saturated rings. The average Bonchev–Trinajstić information content (AvgIpc) is 2.29. The summed E-state index contributed by atoms with van der Waals surface area (Å²) in [6, 6.07) is 9.17. The molecule has 0 aliphatic heterocycles. The highest BCUT2D eigenvalue weighted by molar-refractivity contribution is 7.89. The minimum Gasteiger partial charge on any atom is -0.481 e. The maximum atomic E-state index is 12.0. The van der Waals surface area contributed by atoms with Crippen LogP contribution in [0.5, 0.6) is 0 Å². The summed E-state index contributed by atoms with van der Waals surface area (Å²) in [6.07, 6.45) is -0.387. The Morgan fingerprint density at radius 3 is 2.39 bits per heavy atom. The van der Waals surface area contributed by atoms with Crippen molar-refractivity contribution in [1.82, 2.24) is 4.31 Å². The van der Waals surface area contributed by atoms with Gasteiger partial charge in [0.25, 0.3) is 0 Å². The molecule has 0 saturated heterocycles. The van der Waals surface area contributed by atoms with Crippen LogP contribution < -0.4 is 0 Å². The maximum Gasteiger partial charge on any atom is 0.304 e. The number of carboxylic acid groups (broad SMARTS) is 1. The number of benzene rings is 1. The molecule has 5 nitrogen and oxygen atoms in total. The Morgan fingerprint density at radius 1 is 1.33 bits per heavy atom. The number of hydrogen-bond acceptors (Lipinski definition) is 3. The number of carbonyl (C=O) groups is 1. The van der Waals surface area contributed by atoms with E-state index in [4.69, 9.17) is 5.11 Å². The Labute approximate surface area is 107 Å². The molecule has 0 aliphatic carbocycles. The first kappa shape index (κ1) is 14.7. The zero-order valence-corrected chi connectivity index (χ0v) is 11.2. The van der Waals surface area contributed by atoms with Gasteiger partial charge >= 0.3 is 5.97 Å². The van der Waals surface area contributed by atoms with E-state index in [0.29, 0.717) is 0 Å². The molecule has 1 aromatic carbocycles. The van der Waals surface area contributed by atoms with Gasteiger partial charge in [0.15, 0.2) is 0 Å². The SMILES string of the molecule is CC(CC(=O)O)S(=O)(=O)N(C)Cc1ccccc1. The van der Waals surface area contributed by atoms with Crippen molar-refractivity contribution in [3.05, 3.63) is 35.9 Å². The summed E-state index contributed by atoms with van der Waals surface area (Å²) in [5, 5.41) is 7.71. The Morgan fingerprint density at radius 2 is 1.89 bits per heavy atom. The zero-order chi connectivity index (χ0) is 13.8. The average molecular weight is 271 g/mol. The highest BCUT2D eigenvalue weighted by atomic mass is 32.2. The molecule has 18 heavy (non-hydrogen) atoms. The van der Waals surface area contributed by atoms with E-state index in [1.165, 1.54) is 18.3 Å². The third-order valence-electron chi connectivity index (χ3n) is 2.65. The minimum atomic E-state index is -3.58. The lowest BCUT2D eigenvalue weighted by Crippen LogP contribution is -2.35. The Balaban J connectivity index is 2.76. The molecule has 0 aromatic heterocycles. The zero-order valence-electron chi connectivity index (χ0n) is 10.4. The van der Waals surface area contributed by atoms with Gasteiger partial charge in [0.1, 0.15) is 0 Å². The van der Waals surface area contributed by atoms with Gasteiger partial charge in [-0.05, 0) is 12.5 Å².